The van der Waals surface area contributed by atoms with Gasteiger partial charge in [-0.2, -0.15) is 0 Å². The molecule has 2 saturated carbocycles. The first-order chi connectivity index (χ1) is 18.6. The van der Waals surface area contributed by atoms with Gasteiger partial charge >= 0.3 is 0 Å². The highest BCUT2D eigenvalue weighted by atomic mass is 16.6. The standard InChI is InChI=1S/C29H41N3O7/c1-17(30-27(36)20-14-21(33)15-20)26(35)32-24(13-19-8-10-22(38-3)11-9-19)28(37)31-23(12-18-6-4-5-7-18)25(34)29(2)16-39-29/h8-11,17-18,20-21,23-24,33H,4-7,12-16H2,1-3H3,(H,30,36)(H,31,37)(H,32,35)/t17-,20?,21?,23+,24+,29+/m1/s1. The van der Waals surface area contributed by atoms with E-state index in [1.165, 1.54) is 0 Å². The van der Waals surface area contributed by atoms with E-state index in [-0.39, 0.29) is 24.0 Å². The summed E-state index contributed by atoms with van der Waals surface area (Å²) >= 11 is 0. The van der Waals surface area contributed by atoms with E-state index in [0.717, 1.165) is 31.2 Å². The van der Waals surface area contributed by atoms with Gasteiger partial charge in [0.1, 0.15) is 23.4 Å². The molecule has 4 N–H and O–H groups in total. The Morgan fingerprint density at radius 3 is 2.21 bits per heavy atom. The van der Waals surface area contributed by atoms with Crippen molar-refractivity contribution in [2.24, 2.45) is 11.8 Å². The number of hydrogen-bond donors (Lipinski definition) is 4. The van der Waals surface area contributed by atoms with Crippen LogP contribution in [0.2, 0.25) is 0 Å². The van der Waals surface area contributed by atoms with Crippen molar-refractivity contribution in [3.8, 4) is 5.75 Å². The highest BCUT2D eigenvalue weighted by molar-refractivity contribution is 5.98. The summed E-state index contributed by atoms with van der Waals surface area (Å²) in [5.74, 6) is -0.687. The summed E-state index contributed by atoms with van der Waals surface area (Å²) < 4.78 is 10.6. The molecule has 39 heavy (non-hydrogen) atoms. The number of aliphatic hydroxyl groups excluding tert-OH is 1. The number of benzene rings is 1. The number of aliphatic hydroxyl groups is 1. The van der Waals surface area contributed by atoms with Gasteiger partial charge in [0.2, 0.25) is 17.7 Å². The van der Waals surface area contributed by atoms with Gasteiger partial charge in [0, 0.05) is 12.3 Å². The Morgan fingerprint density at radius 2 is 1.64 bits per heavy atom. The number of ether oxygens (including phenoxy) is 2. The summed E-state index contributed by atoms with van der Waals surface area (Å²) in [6.07, 6.45) is 5.30. The first-order valence-electron chi connectivity index (χ1n) is 14.0. The van der Waals surface area contributed by atoms with Crippen molar-refractivity contribution < 1.29 is 33.8 Å². The average Bonchev–Trinajstić information content (AvgIpc) is 3.44. The fraction of sp³-hybridized carbons (Fsp3) is 0.655. The number of amides is 3. The Kier molecular flexibility index (Phi) is 9.27. The lowest BCUT2D eigenvalue weighted by Gasteiger charge is -2.31. The quantitative estimate of drug-likeness (QED) is 0.275. The van der Waals surface area contributed by atoms with E-state index in [1.807, 2.05) is 12.1 Å². The van der Waals surface area contributed by atoms with Crippen LogP contribution in [-0.2, 0) is 30.3 Å². The van der Waals surface area contributed by atoms with Crippen molar-refractivity contribution in [2.45, 2.75) is 95.0 Å². The minimum atomic E-state index is -0.970. The molecule has 3 fully saturated rings. The lowest BCUT2D eigenvalue weighted by Crippen LogP contribution is -2.57. The van der Waals surface area contributed by atoms with Gasteiger partial charge in [0.05, 0.1) is 25.9 Å². The third-order valence-corrected chi connectivity index (χ3v) is 8.24. The topological polar surface area (TPSA) is 146 Å². The van der Waals surface area contributed by atoms with E-state index < -0.39 is 41.6 Å². The first-order valence-corrected chi connectivity index (χ1v) is 14.0. The molecule has 0 bridgehead atoms. The molecule has 3 aliphatic rings. The maximum absolute atomic E-state index is 13.6. The smallest absolute Gasteiger partial charge is 0.243 e. The SMILES string of the molecule is COc1ccc(C[C@H](NC(=O)[C@@H](C)NC(=O)C2CC(O)C2)C(=O)N[C@@H](CC2CCCC2)C(=O)[C@]2(C)CO2)cc1. The maximum Gasteiger partial charge on any atom is 0.243 e. The molecule has 4 rings (SSSR count). The lowest BCUT2D eigenvalue weighted by atomic mass is 9.82. The highest BCUT2D eigenvalue weighted by Crippen LogP contribution is 2.33. The molecule has 1 aliphatic heterocycles. The van der Waals surface area contributed by atoms with Gasteiger partial charge in [0.25, 0.3) is 0 Å². The van der Waals surface area contributed by atoms with Crippen LogP contribution in [0.4, 0.5) is 0 Å². The molecular weight excluding hydrogens is 502 g/mol. The second-order valence-corrected chi connectivity index (χ2v) is 11.5. The van der Waals surface area contributed by atoms with Crippen LogP contribution in [0.15, 0.2) is 24.3 Å². The molecule has 10 nitrogen and oxygen atoms in total. The number of Topliss-reactive ketones (excluding diaryl/α,β-unsaturated/α-hetero) is 1. The van der Waals surface area contributed by atoms with Crippen LogP contribution in [0, 0.1) is 11.8 Å². The average molecular weight is 544 g/mol. The highest BCUT2D eigenvalue weighted by Gasteiger charge is 2.50. The molecule has 4 atom stereocenters. The zero-order valence-electron chi connectivity index (χ0n) is 23.0. The fourth-order valence-corrected chi connectivity index (χ4v) is 5.40. The molecule has 1 aromatic rings. The minimum Gasteiger partial charge on any atom is -0.497 e. The molecule has 0 unspecified atom stereocenters. The summed E-state index contributed by atoms with van der Waals surface area (Å²) in [5, 5.41) is 17.9. The van der Waals surface area contributed by atoms with Crippen molar-refractivity contribution in [3.05, 3.63) is 29.8 Å². The number of hydrogen-bond acceptors (Lipinski definition) is 7. The molecule has 3 amide bonds. The molecule has 0 aromatic heterocycles. The van der Waals surface area contributed by atoms with Gasteiger partial charge < -0.3 is 30.5 Å². The zero-order valence-corrected chi connectivity index (χ0v) is 23.0. The molecule has 1 saturated heterocycles. The summed E-state index contributed by atoms with van der Waals surface area (Å²) in [7, 11) is 1.57. The third-order valence-electron chi connectivity index (χ3n) is 8.24. The van der Waals surface area contributed by atoms with Crippen LogP contribution < -0.4 is 20.7 Å². The summed E-state index contributed by atoms with van der Waals surface area (Å²) in [6.45, 7) is 3.64. The van der Waals surface area contributed by atoms with Gasteiger partial charge in [-0.25, -0.2) is 0 Å². The lowest BCUT2D eigenvalue weighted by molar-refractivity contribution is -0.136. The van der Waals surface area contributed by atoms with Crippen molar-refractivity contribution in [2.75, 3.05) is 13.7 Å². The second-order valence-electron chi connectivity index (χ2n) is 11.5. The Labute approximate surface area is 229 Å². The number of rotatable bonds is 13. The normalized spacial score (nSPS) is 26.5. The number of carbonyl (C=O) groups is 4. The maximum atomic E-state index is 13.6. The van der Waals surface area contributed by atoms with E-state index in [0.29, 0.717) is 37.5 Å². The summed E-state index contributed by atoms with van der Waals surface area (Å²) in [6, 6.07) is 4.64. The van der Waals surface area contributed by atoms with E-state index in [2.05, 4.69) is 16.0 Å². The monoisotopic (exact) mass is 543 g/mol. The third kappa shape index (κ3) is 7.57. The second kappa shape index (κ2) is 12.5. The minimum absolute atomic E-state index is 0.138. The van der Waals surface area contributed by atoms with Crippen LogP contribution in [-0.4, -0.2) is 72.2 Å². The Hall–Kier alpha value is -2.98. The number of ketones is 1. The van der Waals surface area contributed by atoms with E-state index in [9.17, 15) is 24.3 Å². The van der Waals surface area contributed by atoms with Crippen molar-refractivity contribution in [1.82, 2.24) is 16.0 Å². The predicted octanol–water partition coefficient (Wildman–Crippen LogP) is 1.42. The Balaban J connectivity index is 1.46. The molecule has 10 heteroatoms. The Morgan fingerprint density at radius 1 is 1.03 bits per heavy atom. The van der Waals surface area contributed by atoms with Gasteiger partial charge in [-0.3, -0.25) is 19.2 Å². The van der Waals surface area contributed by atoms with Gasteiger partial charge in [-0.05, 0) is 56.7 Å². The first kappa shape index (κ1) is 29.0. The van der Waals surface area contributed by atoms with Crippen LogP contribution in [0.3, 0.4) is 0 Å². The Bertz CT molecular complexity index is 1040. The number of epoxide rings is 1. The van der Waals surface area contributed by atoms with Crippen molar-refractivity contribution in [3.63, 3.8) is 0 Å². The predicted molar refractivity (Wildman–Crippen MR) is 143 cm³/mol. The molecule has 1 aromatic carbocycles. The van der Waals surface area contributed by atoms with Crippen LogP contribution in [0.25, 0.3) is 0 Å². The van der Waals surface area contributed by atoms with Crippen LogP contribution in [0.5, 0.6) is 5.75 Å². The van der Waals surface area contributed by atoms with Crippen LogP contribution in [0.1, 0.15) is 64.4 Å². The molecule has 1 heterocycles. The number of methoxy groups -OCH3 is 1. The van der Waals surface area contributed by atoms with E-state index in [4.69, 9.17) is 9.47 Å². The molecule has 0 spiro atoms. The zero-order chi connectivity index (χ0) is 28.2. The van der Waals surface area contributed by atoms with Crippen molar-refractivity contribution in [1.29, 1.82) is 0 Å². The van der Waals surface area contributed by atoms with Gasteiger partial charge in [-0.15, -0.1) is 0 Å². The van der Waals surface area contributed by atoms with Gasteiger partial charge in [-0.1, -0.05) is 37.8 Å². The van der Waals surface area contributed by atoms with Crippen molar-refractivity contribution >= 4 is 23.5 Å². The summed E-state index contributed by atoms with van der Waals surface area (Å²) in [5.41, 5.74) is -0.0772. The molecule has 2 aliphatic carbocycles. The number of carbonyl (C=O) groups excluding carboxylic acids is 4. The molecule has 0 radical (unpaired) electrons. The van der Waals surface area contributed by atoms with Gasteiger partial charge in [0.15, 0.2) is 5.78 Å². The molecule has 214 valence electrons. The summed E-state index contributed by atoms with van der Waals surface area (Å²) in [4.78, 5) is 52.4. The van der Waals surface area contributed by atoms with E-state index >= 15 is 0 Å². The largest absolute Gasteiger partial charge is 0.497 e. The van der Waals surface area contributed by atoms with Crippen LogP contribution >= 0.6 is 0 Å². The number of nitrogens with one attached hydrogen (secondary N) is 3. The fourth-order valence-electron chi connectivity index (χ4n) is 5.40. The molecular formula is C29H41N3O7. The van der Waals surface area contributed by atoms with E-state index in [1.54, 1.807) is 33.1 Å².